The topological polar surface area (TPSA) is 17.3 Å². The first-order valence-electron chi connectivity index (χ1n) is 12.1. The summed E-state index contributed by atoms with van der Waals surface area (Å²) in [6, 6.07) is 20.2. The van der Waals surface area contributed by atoms with E-state index in [-0.39, 0.29) is 0 Å². The molecule has 2 nitrogen and oxygen atoms in total. The molecule has 0 saturated heterocycles. The molecule has 3 aromatic carbocycles. The summed E-state index contributed by atoms with van der Waals surface area (Å²) < 4.78 is 26.0. The van der Waals surface area contributed by atoms with Crippen LogP contribution < -0.4 is 0 Å². The number of hydrogen-bond acceptors (Lipinski definition) is 1. The number of fused-ring (bicyclic) bond motifs is 6. The van der Waals surface area contributed by atoms with Gasteiger partial charge in [0, 0.05) is 20.4 Å². The van der Waals surface area contributed by atoms with Gasteiger partial charge in [0.25, 0.3) is 0 Å². The lowest BCUT2D eigenvalue weighted by Gasteiger charge is -2.20. The fourth-order valence-corrected chi connectivity index (χ4v) is 4.67. The van der Waals surface area contributed by atoms with E-state index in [0.717, 1.165) is 33.0 Å². The van der Waals surface area contributed by atoms with Crippen molar-refractivity contribution in [3.63, 3.8) is 0 Å². The van der Waals surface area contributed by atoms with Crippen molar-refractivity contribution >= 4 is 27.3 Å². The van der Waals surface area contributed by atoms with Gasteiger partial charge in [0.1, 0.15) is 5.65 Å². The molecule has 0 aliphatic rings. The Kier molecular flexibility index (Phi) is 3.65. The van der Waals surface area contributed by atoms with Crippen LogP contribution in [0.1, 0.15) is 60.3 Å². The van der Waals surface area contributed by atoms with Crippen LogP contribution in [0.4, 0.5) is 0 Å². The average Bonchev–Trinajstić information content (AvgIpc) is 3.23. The van der Waals surface area contributed by atoms with Crippen molar-refractivity contribution < 1.29 is 4.11 Å². The zero-order valence-electron chi connectivity index (χ0n) is 20.9. The SMILES string of the molecule is [2H]C([2H])([2H])c1ccc2c(c1)c1ccccc1c1ncc(-c3c(C(C)C)cccc3C(C)C)n21. The average molecular weight is 396 g/mol. The predicted molar refractivity (Wildman–Crippen MR) is 129 cm³/mol. The van der Waals surface area contributed by atoms with Crippen LogP contribution >= 0.6 is 0 Å². The van der Waals surface area contributed by atoms with Gasteiger partial charge in [-0.05, 0) is 47.3 Å². The monoisotopic (exact) mass is 395 g/mol. The molecular formula is C28H28N2. The maximum absolute atomic E-state index is 7.93. The number of imidazole rings is 1. The number of aromatic nitrogens is 2. The molecule has 0 spiro atoms. The second kappa shape index (κ2) is 6.98. The predicted octanol–water partition coefficient (Wildman–Crippen LogP) is 7.86. The number of aryl methyl sites for hydroxylation is 1. The highest BCUT2D eigenvalue weighted by atomic mass is 15.0. The highest BCUT2D eigenvalue weighted by Crippen LogP contribution is 2.39. The Morgan fingerprint density at radius 3 is 2.17 bits per heavy atom. The Hall–Kier alpha value is -3.13. The molecule has 150 valence electrons. The molecule has 0 unspecified atom stereocenters. The van der Waals surface area contributed by atoms with Crippen LogP contribution in [0.3, 0.4) is 0 Å². The molecule has 2 heteroatoms. The standard InChI is InChI=1S/C28H28N2/c1-17(2)20-11-8-12-21(18(3)4)27(20)26-16-29-28-23-10-7-6-9-22(23)24-15-19(5)13-14-25(24)30(26)28/h6-18H,1-5H3/i5D3. The molecule has 0 radical (unpaired) electrons. The fraction of sp³-hybridized carbons (Fsp3) is 0.250. The van der Waals surface area contributed by atoms with Gasteiger partial charge in [0.15, 0.2) is 0 Å². The van der Waals surface area contributed by atoms with Crippen LogP contribution in [-0.2, 0) is 0 Å². The second-order valence-electron chi connectivity index (χ2n) is 8.70. The molecule has 5 rings (SSSR count). The largest absolute Gasteiger partial charge is 0.292 e. The third kappa shape index (κ3) is 2.74. The van der Waals surface area contributed by atoms with Crippen molar-refractivity contribution in [2.24, 2.45) is 0 Å². The van der Waals surface area contributed by atoms with E-state index >= 15 is 0 Å². The van der Waals surface area contributed by atoms with E-state index in [0.29, 0.717) is 17.4 Å². The summed E-state index contributed by atoms with van der Waals surface area (Å²) >= 11 is 0. The van der Waals surface area contributed by atoms with E-state index in [4.69, 9.17) is 9.10 Å². The van der Waals surface area contributed by atoms with E-state index in [2.05, 4.69) is 62.4 Å². The van der Waals surface area contributed by atoms with Gasteiger partial charge in [-0.15, -0.1) is 0 Å². The van der Waals surface area contributed by atoms with Gasteiger partial charge >= 0.3 is 0 Å². The van der Waals surface area contributed by atoms with Crippen molar-refractivity contribution in [2.75, 3.05) is 0 Å². The molecule has 30 heavy (non-hydrogen) atoms. The summed E-state index contributed by atoms with van der Waals surface area (Å²) in [6.45, 7) is 6.74. The van der Waals surface area contributed by atoms with E-state index in [1.165, 1.54) is 16.7 Å². The van der Waals surface area contributed by atoms with E-state index in [9.17, 15) is 0 Å². The Labute approximate surface area is 182 Å². The fourth-order valence-electron chi connectivity index (χ4n) is 4.67. The number of nitrogens with zero attached hydrogens (tertiary/aromatic N) is 2. The summed E-state index contributed by atoms with van der Waals surface area (Å²) in [7, 11) is 0. The molecule has 0 aliphatic carbocycles. The Balaban J connectivity index is 1.98. The van der Waals surface area contributed by atoms with Crippen molar-refractivity contribution in [3.8, 4) is 11.3 Å². The molecule has 2 heterocycles. The lowest BCUT2D eigenvalue weighted by Crippen LogP contribution is -2.02. The summed E-state index contributed by atoms with van der Waals surface area (Å²) in [4.78, 5) is 4.90. The first-order chi connectivity index (χ1) is 15.7. The van der Waals surface area contributed by atoms with E-state index in [1.54, 1.807) is 6.07 Å². The lowest BCUT2D eigenvalue weighted by molar-refractivity contribution is 0.836. The van der Waals surface area contributed by atoms with Crippen molar-refractivity contribution in [2.45, 2.75) is 46.4 Å². The van der Waals surface area contributed by atoms with Gasteiger partial charge in [-0.1, -0.05) is 81.8 Å². The minimum atomic E-state index is -2.16. The maximum atomic E-state index is 7.93. The first-order valence-corrected chi connectivity index (χ1v) is 10.6. The molecule has 0 bridgehead atoms. The maximum Gasteiger partial charge on any atom is 0.145 e. The van der Waals surface area contributed by atoms with E-state index in [1.807, 2.05) is 30.5 Å². The quantitative estimate of drug-likeness (QED) is 0.284. The van der Waals surface area contributed by atoms with Crippen molar-refractivity contribution in [1.82, 2.24) is 9.38 Å². The Morgan fingerprint density at radius 1 is 0.800 bits per heavy atom. The Bertz CT molecular complexity index is 1480. The van der Waals surface area contributed by atoms with Gasteiger partial charge in [-0.3, -0.25) is 4.40 Å². The summed E-state index contributed by atoms with van der Waals surface area (Å²) in [5.41, 5.74) is 7.08. The number of pyridine rings is 1. The number of benzene rings is 3. The van der Waals surface area contributed by atoms with Crippen molar-refractivity contribution in [1.29, 1.82) is 0 Å². The van der Waals surface area contributed by atoms with Crippen LogP contribution in [0.5, 0.6) is 0 Å². The van der Waals surface area contributed by atoms with Gasteiger partial charge < -0.3 is 0 Å². The molecule has 0 N–H and O–H groups in total. The molecule has 0 aliphatic heterocycles. The Morgan fingerprint density at radius 2 is 1.50 bits per heavy atom. The van der Waals surface area contributed by atoms with Crippen molar-refractivity contribution in [3.05, 3.63) is 83.6 Å². The minimum Gasteiger partial charge on any atom is -0.292 e. The molecule has 0 saturated carbocycles. The van der Waals surface area contributed by atoms with Gasteiger partial charge in [-0.2, -0.15) is 0 Å². The number of rotatable bonds is 3. The lowest BCUT2D eigenvalue weighted by atomic mass is 9.87. The summed E-state index contributed by atoms with van der Waals surface area (Å²) in [6.07, 6.45) is 1.98. The first kappa shape index (κ1) is 15.7. The third-order valence-electron chi connectivity index (χ3n) is 6.09. The van der Waals surface area contributed by atoms with Crippen LogP contribution in [0.15, 0.2) is 66.9 Å². The molecule has 5 aromatic rings. The highest BCUT2D eigenvalue weighted by Gasteiger charge is 2.21. The van der Waals surface area contributed by atoms with Gasteiger partial charge in [-0.25, -0.2) is 4.98 Å². The minimum absolute atomic E-state index is 0.353. The zero-order valence-corrected chi connectivity index (χ0v) is 17.9. The van der Waals surface area contributed by atoms with Gasteiger partial charge in [0.2, 0.25) is 0 Å². The van der Waals surface area contributed by atoms with Crippen LogP contribution in [0, 0.1) is 6.85 Å². The summed E-state index contributed by atoms with van der Waals surface area (Å²) in [5, 5.41) is 2.97. The third-order valence-corrected chi connectivity index (χ3v) is 6.09. The van der Waals surface area contributed by atoms with Crippen LogP contribution in [0.2, 0.25) is 0 Å². The smallest absolute Gasteiger partial charge is 0.145 e. The molecule has 0 atom stereocenters. The molecule has 2 aromatic heterocycles. The second-order valence-corrected chi connectivity index (χ2v) is 8.70. The van der Waals surface area contributed by atoms with Gasteiger partial charge in [0.05, 0.1) is 17.4 Å². The van der Waals surface area contributed by atoms with Crippen LogP contribution in [-0.4, -0.2) is 9.38 Å². The normalized spacial score (nSPS) is 14.0. The van der Waals surface area contributed by atoms with E-state index < -0.39 is 6.85 Å². The molecular weight excluding hydrogens is 364 g/mol. The summed E-state index contributed by atoms with van der Waals surface area (Å²) in [5.74, 6) is 0.719. The number of hydrogen-bond donors (Lipinski definition) is 0. The highest BCUT2D eigenvalue weighted by molar-refractivity contribution is 6.12. The molecule has 0 amide bonds. The van der Waals surface area contributed by atoms with Crippen LogP contribution in [0.25, 0.3) is 38.6 Å². The molecule has 0 fully saturated rings. The zero-order chi connectivity index (χ0) is 23.5.